The first-order valence-corrected chi connectivity index (χ1v) is 7.39. The molecule has 0 aliphatic rings. The molecule has 0 unspecified atom stereocenters. The van der Waals surface area contributed by atoms with Crippen LogP contribution < -0.4 is 4.74 Å². The van der Waals surface area contributed by atoms with Crippen LogP contribution in [0.2, 0.25) is 0 Å². The molecule has 2 heterocycles. The molecule has 0 aliphatic heterocycles. The molecule has 0 atom stereocenters. The van der Waals surface area contributed by atoms with Crippen molar-refractivity contribution in [2.24, 2.45) is 0 Å². The van der Waals surface area contributed by atoms with E-state index in [4.69, 9.17) is 10.00 Å². The van der Waals surface area contributed by atoms with Gasteiger partial charge < -0.3 is 4.74 Å². The second-order valence-corrected chi connectivity index (χ2v) is 5.14. The average molecular weight is 331 g/mol. The van der Waals surface area contributed by atoms with Gasteiger partial charge in [-0.25, -0.2) is 9.37 Å². The molecule has 2 aromatic heterocycles. The van der Waals surface area contributed by atoms with E-state index in [-0.39, 0.29) is 17.2 Å². The molecule has 0 amide bonds. The molecule has 0 bridgehead atoms. The van der Waals surface area contributed by atoms with Gasteiger partial charge in [0.2, 0.25) is 5.88 Å². The average Bonchev–Trinajstić information content (AvgIpc) is 3.11. The normalized spacial score (nSPS) is 10.6. The van der Waals surface area contributed by atoms with Crippen molar-refractivity contribution in [2.45, 2.75) is 0 Å². The maximum Gasteiger partial charge on any atom is 0.255 e. The number of aromatic nitrogens is 4. The number of ether oxygens (including phenoxy) is 1. The molecule has 2 aromatic carbocycles. The largest absolute Gasteiger partial charge is 0.437 e. The molecule has 25 heavy (non-hydrogen) atoms. The van der Waals surface area contributed by atoms with Crippen LogP contribution in [0.1, 0.15) is 5.56 Å². The summed E-state index contributed by atoms with van der Waals surface area (Å²) in [6.45, 7) is 0. The van der Waals surface area contributed by atoms with Gasteiger partial charge >= 0.3 is 0 Å². The zero-order chi connectivity index (χ0) is 17.2. The van der Waals surface area contributed by atoms with Gasteiger partial charge in [-0.1, -0.05) is 36.4 Å². The summed E-state index contributed by atoms with van der Waals surface area (Å²) in [4.78, 5) is 8.53. The number of fused-ring (bicyclic) bond motifs is 1. The fraction of sp³-hybridized carbons (Fsp3) is 0. The van der Waals surface area contributed by atoms with E-state index in [0.717, 1.165) is 5.56 Å². The zero-order valence-corrected chi connectivity index (χ0v) is 12.8. The summed E-state index contributed by atoms with van der Waals surface area (Å²) in [5.74, 6) is 0.0754. The molecule has 0 fully saturated rings. The van der Waals surface area contributed by atoms with Crippen molar-refractivity contribution in [3.05, 3.63) is 72.3 Å². The Balaban J connectivity index is 1.86. The second-order valence-electron chi connectivity index (χ2n) is 5.14. The lowest BCUT2D eigenvalue weighted by Gasteiger charge is -2.10. The Morgan fingerprint density at radius 3 is 2.72 bits per heavy atom. The monoisotopic (exact) mass is 331 g/mol. The first-order valence-electron chi connectivity index (χ1n) is 7.39. The third-order valence-electron chi connectivity index (χ3n) is 3.59. The zero-order valence-electron chi connectivity index (χ0n) is 12.8. The van der Waals surface area contributed by atoms with Gasteiger partial charge in [0.1, 0.15) is 29.5 Å². The molecular weight excluding hydrogens is 321 g/mol. The highest BCUT2D eigenvalue weighted by Crippen LogP contribution is 2.29. The number of nitrogens with zero attached hydrogens (tertiary/aromatic N) is 5. The molecule has 7 heteroatoms. The summed E-state index contributed by atoms with van der Waals surface area (Å²) in [6, 6.07) is 17.2. The molecule has 120 valence electrons. The summed E-state index contributed by atoms with van der Waals surface area (Å²) >= 11 is 0. The van der Waals surface area contributed by atoms with Crippen molar-refractivity contribution in [1.29, 1.82) is 5.26 Å². The van der Waals surface area contributed by atoms with Crippen LogP contribution in [-0.4, -0.2) is 19.6 Å². The molecule has 0 saturated carbocycles. The molecule has 0 saturated heterocycles. The van der Waals surface area contributed by atoms with Gasteiger partial charge in [0.25, 0.3) is 5.78 Å². The predicted octanol–water partition coefficient (Wildman–Crippen LogP) is 3.59. The van der Waals surface area contributed by atoms with Crippen molar-refractivity contribution in [3.8, 4) is 29.0 Å². The molecular formula is C18H10FN5O. The maximum atomic E-state index is 13.8. The smallest absolute Gasteiger partial charge is 0.255 e. The third-order valence-corrected chi connectivity index (χ3v) is 3.59. The van der Waals surface area contributed by atoms with Gasteiger partial charge in [-0.05, 0) is 12.1 Å². The molecule has 0 aliphatic carbocycles. The number of rotatable bonds is 3. The predicted molar refractivity (Wildman–Crippen MR) is 87.4 cm³/mol. The maximum absolute atomic E-state index is 13.8. The fourth-order valence-electron chi connectivity index (χ4n) is 2.43. The number of benzene rings is 2. The van der Waals surface area contributed by atoms with Gasteiger partial charge in [-0.15, -0.1) is 0 Å². The topological polar surface area (TPSA) is 76.1 Å². The third kappa shape index (κ3) is 2.66. The van der Waals surface area contributed by atoms with Crippen molar-refractivity contribution in [3.63, 3.8) is 0 Å². The van der Waals surface area contributed by atoms with E-state index in [9.17, 15) is 4.39 Å². The van der Waals surface area contributed by atoms with Gasteiger partial charge in [-0.3, -0.25) is 0 Å². The second kappa shape index (κ2) is 6.02. The summed E-state index contributed by atoms with van der Waals surface area (Å²) in [5.41, 5.74) is 1.33. The Morgan fingerprint density at radius 1 is 1.08 bits per heavy atom. The molecule has 0 N–H and O–H groups in total. The van der Waals surface area contributed by atoms with Crippen LogP contribution >= 0.6 is 0 Å². The Morgan fingerprint density at radius 2 is 1.92 bits per heavy atom. The van der Waals surface area contributed by atoms with E-state index in [1.807, 2.05) is 36.4 Å². The summed E-state index contributed by atoms with van der Waals surface area (Å²) in [7, 11) is 0. The van der Waals surface area contributed by atoms with E-state index in [1.165, 1.54) is 29.0 Å². The van der Waals surface area contributed by atoms with Crippen LogP contribution in [0.5, 0.6) is 11.6 Å². The fourth-order valence-corrected chi connectivity index (χ4v) is 2.43. The quantitative estimate of drug-likeness (QED) is 0.573. The Hall–Kier alpha value is -3.79. The highest BCUT2D eigenvalue weighted by atomic mass is 19.1. The van der Waals surface area contributed by atoms with E-state index in [1.54, 1.807) is 6.07 Å². The van der Waals surface area contributed by atoms with Crippen LogP contribution in [0, 0.1) is 17.1 Å². The standard InChI is InChI=1S/C18H10FN5O/c19-14-7-4-8-16(13(14)10-20)25-17-9-15(12-5-2-1-3-6-12)23-18-21-11-22-24(17)18/h1-9,11H. The van der Waals surface area contributed by atoms with E-state index < -0.39 is 5.82 Å². The lowest BCUT2D eigenvalue weighted by molar-refractivity contribution is 0.440. The van der Waals surface area contributed by atoms with Gasteiger partial charge in [-0.2, -0.15) is 19.9 Å². The Bertz CT molecular complexity index is 1100. The number of hydrogen-bond acceptors (Lipinski definition) is 5. The number of nitriles is 1. The number of halogens is 1. The minimum atomic E-state index is -0.646. The van der Waals surface area contributed by atoms with E-state index in [2.05, 4.69) is 15.1 Å². The summed E-state index contributed by atoms with van der Waals surface area (Å²) in [6.07, 6.45) is 1.35. The SMILES string of the molecule is N#Cc1c(F)cccc1Oc1cc(-c2ccccc2)nc2ncnn12. The Kier molecular flexibility index (Phi) is 3.56. The molecule has 4 aromatic rings. The molecule has 4 rings (SSSR count). The van der Waals surface area contributed by atoms with Gasteiger partial charge in [0, 0.05) is 11.6 Å². The van der Waals surface area contributed by atoms with Crippen LogP contribution in [0.3, 0.4) is 0 Å². The first kappa shape index (κ1) is 14.8. The van der Waals surface area contributed by atoms with Crippen LogP contribution in [0.4, 0.5) is 4.39 Å². The van der Waals surface area contributed by atoms with Crippen LogP contribution in [-0.2, 0) is 0 Å². The van der Waals surface area contributed by atoms with Gasteiger partial charge in [0.05, 0.1) is 5.69 Å². The van der Waals surface area contributed by atoms with Crippen molar-refractivity contribution in [1.82, 2.24) is 19.6 Å². The minimum absolute atomic E-state index is 0.101. The lowest BCUT2D eigenvalue weighted by Crippen LogP contribution is -2.01. The van der Waals surface area contributed by atoms with E-state index >= 15 is 0 Å². The van der Waals surface area contributed by atoms with Crippen molar-refractivity contribution in [2.75, 3.05) is 0 Å². The minimum Gasteiger partial charge on any atom is -0.437 e. The van der Waals surface area contributed by atoms with E-state index in [0.29, 0.717) is 11.5 Å². The lowest BCUT2D eigenvalue weighted by atomic mass is 10.1. The van der Waals surface area contributed by atoms with Crippen LogP contribution in [0.25, 0.3) is 17.0 Å². The summed E-state index contributed by atoms with van der Waals surface area (Å²) in [5, 5.41) is 13.2. The van der Waals surface area contributed by atoms with Gasteiger partial charge in [0.15, 0.2) is 0 Å². The molecule has 6 nitrogen and oxygen atoms in total. The molecule has 0 spiro atoms. The summed E-state index contributed by atoms with van der Waals surface area (Å²) < 4.78 is 21.0. The Labute approximate surface area is 141 Å². The molecule has 0 radical (unpaired) electrons. The van der Waals surface area contributed by atoms with Crippen molar-refractivity contribution < 1.29 is 9.13 Å². The highest BCUT2D eigenvalue weighted by molar-refractivity contribution is 5.62. The highest BCUT2D eigenvalue weighted by Gasteiger charge is 2.15. The number of hydrogen-bond donors (Lipinski definition) is 0. The van der Waals surface area contributed by atoms with Crippen LogP contribution in [0.15, 0.2) is 60.9 Å². The van der Waals surface area contributed by atoms with Crippen molar-refractivity contribution >= 4 is 5.78 Å². The first-order chi connectivity index (χ1) is 12.3.